The number of Topliss-reactive ketones (excluding diaryl/α,β-unsaturated/α-hetero) is 1. The second-order valence-electron chi connectivity index (χ2n) is 6.06. The molecule has 0 atom stereocenters. The summed E-state index contributed by atoms with van der Waals surface area (Å²) in [5.74, 6) is 2.15. The van der Waals surface area contributed by atoms with Crippen molar-refractivity contribution in [3.63, 3.8) is 0 Å². The standard InChI is InChI=1S/C21H19NO4/c1-4-22-12-13(17-10-14(24-2)6-8-18(17)22)9-20-21(23)16-7-5-15(25-3)11-19(16)26-20/h5-12H,4H2,1-3H3/b20-9+. The van der Waals surface area contributed by atoms with Crippen molar-refractivity contribution < 1.29 is 19.0 Å². The summed E-state index contributed by atoms with van der Waals surface area (Å²) in [5.41, 5.74) is 2.56. The molecule has 2 heterocycles. The number of carbonyl (C=O) groups is 1. The van der Waals surface area contributed by atoms with E-state index in [4.69, 9.17) is 14.2 Å². The molecule has 0 bridgehead atoms. The number of aryl methyl sites for hydroxylation is 1. The molecule has 5 heteroatoms. The fourth-order valence-electron chi connectivity index (χ4n) is 3.24. The Bertz CT molecular complexity index is 1050. The van der Waals surface area contributed by atoms with Gasteiger partial charge in [0.2, 0.25) is 5.78 Å². The first-order valence-electron chi connectivity index (χ1n) is 8.43. The van der Waals surface area contributed by atoms with Crippen molar-refractivity contribution in [2.24, 2.45) is 0 Å². The Balaban J connectivity index is 1.80. The van der Waals surface area contributed by atoms with E-state index in [0.717, 1.165) is 28.8 Å². The van der Waals surface area contributed by atoms with Crippen LogP contribution in [0.25, 0.3) is 17.0 Å². The lowest BCUT2D eigenvalue weighted by Crippen LogP contribution is -1.97. The zero-order valence-electron chi connectivity index (χ0n) is 14.9. The molecule has 1 aliphatic heterocycles. The number of ketones is 1. The van der Waals surface area contributed by atoms with Crippen molar-refractivity contribution in [3.8, 4) is 17.2 Å². The van der Waals surface area contributed by atoms with E-state index in [0.29, 0.717) is 22.8 Å². The van der Waals surface area contributed by atoms with Crippen LogP contribution in [0.3, 0.4) is 0 Å². The molecule has 0 radical (unpaired) electrons. The van der Waals surface area contributed by atoms with Crippen LogP contribution in [0, 0.1) is 0 Å². The number of fused-ring (bicyclic) bond motifs is 2. The third kappa shape index (κ3) is 2.52. The zero-order chi connectivity index (χ0) is 18.3. The van der Waals surface area contributed by atoms with Crippen LogP contribution in [-0.4, -0.2) is 24.6 Å². The molecule has 4 rings (SSSR count). The normalized spacial score (nSPS) is 14.6. The summed E-state index contributed by atoms with van der Waals surface area (Å²) < 4.78 is 18.5. The van der Waals surface area contributed by atoms with E-state index in [9.17, 15) is 4.79 Å². The monoisotopic (exact) mass is 349 g/mol. The number of benzene rings is 2. The molecule has 1 aromatic heterocycles. The smallest absolute Gasteiger partial charge is 0.231 e. The van der Waals surface area contributed by atoms with Crippen molar-refractivity contribution in [2.75, 3.05) is 14.2 Å². The molecular formula is C21H19NO4. The SMILES string of the molecule is CCn1cc(/C=C2/Oc3cc(OC)ccc3C2=O)c2cc(OC)ccc21. The van der Waals surface area contributed by atoms with Crippen LogP contribution in [0.5, 0.6) is 17.2 Å². The van der Waals surface area contributed by atoms with Gasteiger partial charge >= 0.3 is 0 Å². The first-order chi connectivity index (χ1) is 12.6. The van der Waals surface area contributed by atoms with Gasteiger partial charge in [0.25, 0.3) is 0 Å². The number of hydrogen-bond donors (Lipinski definition) is 0. The van der Waals surface area contributed by atoms with E-state index >= 15 is 0 Å². The van der Waals surface area contributed by atoms with Gasteiger partial charge in [0.15, 0.2) is 5.76 Å². The van der Waals surface area contributed by atoms with Crippen molar-refractivity contribution in [2.45, 2.75) is 13.5 Å². The molecule has 0 saturated heterocycles. The number of hydrogen-bond acceptors (Lipinski definition) is 4. The molecule has 26 heavy (non-hydrogen) atoms. The maximum Gasteiger partial charge on any atom is 0.231 e. The Morgan fingerprint density at radius 3 is 2.54 bits per heavy atom. The molecule has 5 nitrogen and oxygen atoms in total. The van der Waals surface area contributed by atoms with Crippen molar-refractivity contribution in [1.29, 1.82) is 0 Å². The number of aromatic nitrogens is 1. The van der Waals surface area contributed by atoms with Gasteiger partial charge in [-0.1, -0.05) is 0 Å². The summed E-state index contributed by atoms with van der Waals surface area (Å²) >= 11 is 0. The first kappa shape index (κ1) is 16.3. The largest absolute Gasteiger partial charge is 0.497 e. The quantitative estimate of drug-likeness (QED) is 0.659. The summed E-state index contributed by atoms with van der Waals surface area (Å²) in [7, 11) is 3.23. The zero-order valence-corrected chi connectivity index (χ0v) is 14.9. The third-order valence-electron chi connectivity index (χ3n) is 4.62. The lowest BCUT2D eigenvalue weighted by atomic mass is 10.1. The number of methoxy groups -OCH3 is 2. The Kier molecular flexibility index (Phi) is 3.92. The Labute approximate surface area is 151 Å². The second-order valence-corrected chi connectivity index (χ2v) is 6.06. The number of nitrogens with zero attached hydrogens (tertiary/aromatic N) is 1. The van der Waals surface area contributed by atoms with Crippen molar-refractivity contribution >= 4 is 22.8 Å². The van der Waals surface area contributed by atoms with Crippen LogP contribution in [0.2, 0.25) is 0 Å². The number of rotatable bonds is 4. The first-order valence-corrected chi connectivity index (χ1v) is 8.43. The highest BCUT2D eigenvalue weighted by Gasteiger charge is 2.28. The molecule has 2 aromatic carbocycles. The highest BCUT2D eigenvalue weighted by molar-refractivity contribution is 6.15. The fraction of sp³-hybridized carbons (Fsp3) is 0.190. The van der Waals surface area contributed by atoms with Crippen LogP contribution >= 0.6 is 0 Å². The van der Waals surface area contributed by atoms with Gasteiger partial charge in [-0.25, -0.2) is 0 Å². The van der Waals surface area contributed by atoms with Crippen LogP contribution in [0.1, 0.15) is 22.8 Å². The molecule has 0 N–H and O–H groups in total. The van der Waals surface area contributed by atoms with Gasteiger partial charge in [0.1, 0.15) is 17.2 Å². The average molecular weight is 349 g/mol. The number of ether oxygens (including phenoxy) is 3. The molecular weight excluding hydrogens is 330 g/mol. The lowest BCUT2D eigenvalue weighted by molar-refractivity contribution is 0.101. The molecule has 0 fully saturated rings. The second kappa shape index (κ2) is 6.26. The Hall–Kier alpha value is -3.21. The molecule has 3 aromatic rings. The molecule has 0 unspecified atom stereocenters. The molecule has 132 valence electrons. The van der Waals surface area contributed by atoms with Crippen LogP contribution < -0.4 is 14.2 Å². The van der Waals surface area contributed by atoms with Gasteiger partial charge < -0.3 is 18.8 Å². The van der Waals surface area contributed by atoms with Gasteiger partial charge in [-0.3, -0.25) is 4.79 Å². The molecule has 0 spiro atoms. The van der Waals surface area contributed by atoms with E-state index in [1.54, 1.807) is 38.5 Å². The lowest BCUT2D eigenvalue weighted by Gasteiger charge is -2.02. The predicted molar refractivity (Wildman–Crippen MR) is 100 cm³/mol. The summed E-state index contributed by atoms with van der Waals surface area (Å²) in [4.78, 5) is 12.7. The number of carbonyl (C=O) groups excluding carboxylic acids is 1. The average Bonchev–Trinajstić information content (AvgIpc) is 3.18. The topological polar surface area (TPSA) is 49.7 Å². The van der Waals surface area contributed by atoms with Crippen LogP contribution in [0.15, 0.2) is 48.4 Å². The van der Waals surface area contributed by atoms with Crippen molar-refractivity contribution in [1.82, 2.24) is 4.57 Å². The third-order valence-corrected chi connectivity index (χ3v) is 4.62. The number of allylic oxidation sites excluding steroid dienone is 1. The summed E-state index contributed by atoms with van der Waals surface area (Å²) in [6.45, 7) is 2.91. The van der Waals surface area contributed by atoms with E-state index in [2.05, 4.69) is 11.5 Å². The highest BCUT2D eigenvalue weighted by Crippen LogP contribution is 2.36. The van der Waals surface area contributed by atoms with Gasteiger partial charge in [-0.15, -0.1) is 0 Å². The predicted octanol–water partition coefficient (Wildman–Crippen LogP) is 4.29. The minimum absolute atomic E-state index is 0.122. The molecule has 0 amide bonds. The Morgan fingerprint density at radius 1 is 1.08 bits per heavy atom. The van der Waals surface area contributed by atoms with Gasteiger partial charge in [-0.2, -0.15) is 0 Å². The summed E-state index contributed by atoms with van der Waals surface area (Å²) in [6, 6.07) is 11.2. The van der Waals surface area contributed by atoms with E-state index in [1.165, 1.54) is 0 Å². The highest BCUT2D eigenvalue weighted by atomic mass is 16.5. The van der Waals surface area contributed by atoms with Gasteiger partial charge in [0.05, 0.1) is 19.8 Å². The minimum atomic E-state index is -0.122. The van der Waals surface area contributed by atoms with E-state index in [1.807, 2.05) is 24.4 Å². The van der Waals surface area contributed by atoms with E-state index < -0.39 is 0 Å². The Morgan fingerprint density at radius 2 is 1.81 bits per heavy atom. The maximum atomic E-state index is 12.7. The summed E-state index contributed by atoms with van der Waals surface area (Å²) in [5, 5.41) is 1.02. The molecule has 0 saturated carbocycles. The van der Waals surface area contributed by atoms with Gasteiger partial charge in [-0.05, 0) is 43.3 Å². The van der Waals surface area contributed by atoms with Crippen LogP contribution in [-0.2, 0) is 6.54 Å². The minimum Gasteiger partial charge on any atom is -0.497 e. The maximum absolute atomic E-state index is 12.7. The molecule has 1 aliphatic rings. The van der Waals surface area contributed by atoms with Crippen molar-refractivity contribution in [3.05, 3.63) is 59.5 Å². The van der Waals surface area contributed by atoms with Crippen LogP contribution in [0.4, 0.5) is 0 Å². The fourth-order valence-corrected chi connectivity index (χ4v) is 3.24. The summed E-state index contributed by atoms with van der Waals surface area (Å²) in [6.07, 6.45) is 3.82. The molecule has 0 aliphatic carbocycles. The van der Waals surface area contributed by atoms with Gasteiger partial charge in [0, 0.05) is 35.3 Å². The van der Waals surface area contributed by atoms with E-state index in [-0.39, 0.29) is 5.78 Å².